The number of benzene rings is 2. The van der Waals surface area contributed by atoms with Gasteiger partial charge in [0.25, 0.3) is 11.6 Å². The Labute approximate surface area is 165 Å². The maximum Gasteiger partial charge on any atom is 0.270 e. The quantitative estimate of drug-likeness (QED) is 0.457. The van der Waals surface area contributed by atoms with Gasteiger partial charge in [0, 0.05) is 41.6 Å². The van der Waals surface area contributed by atoms with E-state index >= 15 is 0 Å². The number of non-ortho nitro benzene ring substituents is 1. The van der Waals surface area contributed by atoms with Crippen LogP contribution in [-0.2, 0) is 9.59 Å². The summed E-state index contributed by atoms with van der Waals surface area (Å²) in [5, 5.41) is 14.9. The molecule has 2 aromatic rings. The fraction of sp³-hybridized carbons (Fsp3) is 0.211. The fourth-order valence-electron chi connectivity index (χ4n) is 3.00. The Morgan fingerprint density at radius 2 is 2.07 bits per heavy atom. The van der Waals surface area contributed by atoms with Crippen molar-refractivity contribution in [2.24, 2.45) is 5.10 Å². The molecule has 0 unspecified atom stereocenters. The summed E-state index contributed by atoms with van der Waals surface area (Å²) in [7, 11) is 0. The lowest BCUT2D eigenvalue weighted by Crippen LogP contribution is -2.36. The zero-order chi connectivity index (χ0) is 20.1. The zero-order valence-corrected chi connectivity index (χ0v) is 15.5. The first-order chi connectivity index (χ1) is 13.4. The summed E-state index contributed by atoms with van der Waals surface area (Å²) in [6.45, 7) is 0.360. The summed E-state index contributed by atoms with van der Waals surface area (Å²) >= 11 is 5.97. The number of hydrogen-bond donors (Lipinski definition) is 1. The fourth-order valence-corrected chi connectivity index (χ4v) is 3.17. The number of likely N-dealkylation sites (tertiary alicyclic amines) is 1. The Morgan fingerprint density at radius 3 is 2.79 bits per heavy atom. The van der Waals surface area contributed by atoms with Crippen molar-refractivity contribution in [3.05, 3.63) is 74.8 Å². The highest BCUT2D eigenvalue weighted by molar-refractivity contribution is 6.33. The predicted octanol–water partition coefficient (Wildman–Crippen LogP) is 2.71. The number of nitro benzene ring substituents is 1. The Kier molecular flexibility index (Phi) is 6.00. The normalized spacial score (nSPS) is 16.5. The molecule has 0 radical (unpaired) electrons. The Bertz CT molecular complexity index is 933. The van der Waals surface area contributed by atoms with Crippen molar-refractivity contribution < 1.29 is 14.5 Å². The number of rotatable bonds is 6. The molecule has 8 nitrogen and oxygen atoms in total. The summed E-state index contributed by atoms with van der Waals surface area (Å²) in [6, 6.07) is 13.6. The molecule has 1 saturated heterocycles. The molecule has 0 aliphatic carbocycles. The van der Waals surface area contributed by atoms with Crippen molar-refractivity contribution in [3.8, 4) is 0 Å². The monoisotopic (exact) mass is 400 g/mol. The van der Waals surface area contributed by atoms with E-state index in [-0.39, 0.29) is 29.1 Å². The highest BCUT2D eigenvalue weighted by Gasteiger charge is 2.31. The molecule has 0 saturated carbocycles. The number of amides is 2. The van der Waals surface area contributed by atoms with Crippen molar-refractivity contribution in [1.82, 2.24) is 10.3 Å². The maximum atomic E-state index is 12.2. The molecule has 144 valence electrons. The van der Waals surface area contributed by atoms with E-state index in [1.165, 1.54) is 29.3 Å². The van der Waals surface area contributed by atoms with Gasteiger partial charge in [-0.1, -0.05) is 41.9 Å². The van der Waals surface area contributed by atoms with Crippen LogP contribution in [0.5, 0.6) is 0 Å². The second-order valence-corrected chi connectivity index (χ2v) is 6.75. The summed E-state index contributed by atoms with van der Waals surface area (Å²) in [6.07, 6.45) is 1.59. The van der Waals surface area contributed by atoms with Crippen LogP contribution in [0.25, 0.3) is 0 Å². The smallest absolute Gasteiger partial charge is 0.270 e. The van der Waals surface area contributed by atoms with Crippen LogP contribution in [0.3, 0.4) is 0 Å². The minimum absolute atomic E-state index is 0.0636. The van der Waals surface area contributed by atoms with Gasteiger partial charge in [-0.25, -0.2) is 5.43 Å². The van der Waals surface area contributed by atoms with Gasteiger partial charge in [0.15, 0.2) is 0 Å². The second-order valence-electron chi connectivity index (χ2n) is 6.34. The van der Waals surface area contributed by atoms with Gasteiger partial charge in [0.2, 0.25) is 5.91 Å². The van der Waals surface area contributed by atoms with E-state index in [2.05, 4.69) is 10.5 Å². The zero-order valence-electron chi connectivity index (χ0n) is 14.7. The van der Waals surface area contributed by atoms with E-state index in [1.807, 2.05) is 30.3 Å². The van der Waals surface area contributed by atoms with Crippen LogP contribution in [0.2, 0.25) is 5.02 Å². The molecule has 0 spiro atoms. The molecule has 0 aromatic heterocycles. The van der Waals surface area contributed by atoms with E-state index in [9.17, 15) is 19.7 Å². The topological polar surface area (TPSA) is 105 Å². The standard InChI is InChI=1S/C19H17ClN4O4/c20-17-7-6-16(24(27)28)8-14(17)10-21-22-18(25)12-23-11-15(9-19(23)26)13-4-2-1-3-5-13/h1-8,10,15H,9,11-12H2,(H,22,25)/b21-10-/t15-/m0/s1. The van der Waals surface area contributed by atoms with Crippen molar-refractivity contribution >= 4 is 35.3 Å². The third-order valence-corrected chi connectivity index (χ3v) is 4.75. The molecule has 1 N–H and O–H groups in total. The van der Waals surface area contributed by atoms with E-state index < -0.39 is 10.8 Å². The molecule has 3 rings (SSSR count). The summed E-state index contributed by atoms with van der Waals surface area (Å²) in [5.74, 6) is -0.483. The van der Waals surface area contributed by atoms with Crippen molar-refractivity contribution in [1.29, 1.82) is 0 Å². The molecule has 0 bridgehead atoms. The molecule has 28 heavy (non-hydrogen) atoms. The van der Waals surface area contributed by atoms with Gasteiger partial charge in [-0.15, -0.1) is 0 Å². The molecule has 1 aliphatic heterocycles. The van der Waals surface area contributed by atoms with E-state index in [1.54, 1.807) is 0 Å². The lowest BCUT2D eigenvalue weighted by Gasteiger charge is -2.15. The van der Waals surface area contributed by atoms with Crippen molar-refractivity contribution in [3.63, 3.8) is 0 Å². The highest BCUT2D eigenvalue weighted by atomic mass is 35.5. The minimum Gasteiger partial charge on any atom is -0.333 e. The number of hydrogen-bond acceptors (Lipinski definition) is 5. The predicted molar refractivity (Wildman–Crippen MR) is 104 cm³/mol. The first kappa shape index (κ1) is 19.5. The minimum atomic E-state index is -0.547. The number of nitro groups is 1. The average Bonchev–Trinajstić information content (AvgIpc) is 3.04. The molecular formula is C19H17ClN4O4. The van der Waals surface area contributed by atoms with Crippen LogP contribution in [0, 0.1) is 10.1 Å². The van der Waals surface area contributed by atoms with Gasteiger partial charge in [0.1, 0.15) is 6.54 Å². The van der Waals surface area contributed by atoms with Crippen LogP contribution in [0.15, 0.2) is 53.6 Å². The summed E-state index contributed by atoms with van der Waals surface area (Å²) in [4.78, 5) is 36.0. The third-order valence-electron chi connectivity index (χ3n) is 4.40. The van der Waals surface area contributed by atoms with E-state index in [0.717, 1.165) is 5.56 Å². The Balaban J connectivity index is 1.56. The van der Waals surface area contributed by atoms with Gasteiger partial charge >= 0.3 is 0 Å². The number of carbonyl (C=O) groups is 2. The largest absolute Gasteiger partial charge is 0.333 e. The number of carbonyl (C=O) groups excluding carboxylic acids is 2. The van der Waals surface area contributed by atoms with Gasteiger partial charge in [-0.05, 0) is 11.6 Å². The lowest BCUT2D eigenvalue weighted by molar-refractivity contribution is -0.384. The first-order valence-electron chi connectivity index (χ1n) is 8.52. The first-order valence-corrected chi connectivity index (χ1v) is 8.90. The lowest BCUT2D eigenvalue weighted by atomic mass is 9.99. The van der Waals surface area contributed by atoms with Crippen LogP contribution in [-0.4, -0.2) is 40.9 Å². The average molecular weight is 401 g/mol. The second kappa shape index (κ2) is 8.62. The van der Waals surface area contributed by atoms with E-state index in [0.29, 0.717) is 18.5 Å². The van der Waals surface area contributed by atoms with Gasteiger partial charge < -0.3 is 4.90 Å². The SMILES string of the molecule is O=C(CN1C[C@@H](c2ccccc2)CC1=O)N/N=C\c1cc([N+](=O)[O-])ccc1Cl. The molecule has 2 aromatic carbocycles. The Morgan fingerprint density at radius 1 is 1.32 bits per heavy atom. The molecule has 1 aliphatic rings. The molecule has 2 amide bonds. The molecule has 1 atom stereocenters. The highest BCUT2D eigenvalue weighted by Crippen LogP contribution is 2.27. The maximum absolute atomic E-state index is 12.2. The van der Waals surface area contributed by atoms with Crippen LogP contribution < -0.4 is 5.43 Å². The molecular weight excluding hydrogens is 384 g/mol. The number of hydrazone groups is 1. The summed E-state index contributed by atoms with van der Waals surface area (Å²) < 4.78 is 0. The third kappa shape index (κ3) is 4.72. The molecule has 9 heteroatoms. The molecule has 1 heterocycles. The number of nitrogens with zero attached hydrogens (tertiary/aromatic N) is 3. The summed E-state index contributed by atoms with van der Waals surface area (Å²) in [5.41, 5.74) is 3.55. The van der Waals surface area contributed by atoms with E-state index in [4.69, 9.17) is 11.6 Å². The van der Waals surface area contributed by atoms with Crippen molar-refractivity contribution in [2.45, 2.75) is 12.3 Å². The molecule has 1 fully saturated rings. The Hall–Kier alpha value is -3.26. The van der Waals surface area contributed by atoms with Gasteiger partial charge in [-0.3, -0.25) is 19.7 Å². The van der Waals surface area contributed by atoms with Crippen molar-refractivity contribution in [2.75, 3.05) is 13.1 Å². The number of nitrogens with one attached hydrogen (secondary N) is 1. The van der Waals surface area contributed by atoms with Gasteiger partial charge in [0.05, 0.1) is 11.1 Å². The van der Waals surface area contributed by atoms with Crippen LogP contribution in [0.4, 0.5) is 5.69 Å². The van der Waals surface area contributed by atoms with Crippen LogP contribution in [0.1, 0.15) is 23.5 Å². The number of halogens is 1. The van der Waals surface area contributed by atoms with Gasteiger partial charge in [-0.2, -0.15) is 5.10 Å². The van der Waals surface area contributed by atoms with Crippen LogP contribution >= 0.6 is 11.6 Å².